The first-order chi connectivity index (χ1) is 14.3. The summed E-state index contributed by atoms with van der Waals surface area (Å²) in [5, 5.41) is 11.1. The van der Waals surface area contributed by atoms with Crippen LogP contribution in [0.25, 0.3) is 0 Å². The second-order valence-corrected chi connectivity index (χ2v) is 8.06. The Kier molecular flexibility index (Phi) is 6.48. The Hall–Kier alpha value is -2.84. The van der Waals surface area contributed by atoms with Gasteiger partial charge in [-0.05, 0) is 36.0 Å². The monoisotopic (exact) mass is 420 g/mol. The van der Waals surface area contributed by atoms with Crippen molar-refractivity contribution >= 4 is 11.9 Å². The molecule has 0 bridgehead atoms. The molecule has 1 amide bonds. The number of nitrogens with zero attached hydrogens (tertiary/aromatic N) is 2. The SMILES string of the molecule is COC(=O)C(Cc1ccc(OC)c(OC)c1)N1C(=O)C[C@@H]2C1C[C@H](C)[C@H]2C[N+](=O)[O-]. The summed E-state index contributed by atoms with van der Waals surface area (Å²) < 4.78 is 15.6. The van der Waals surface area contributed by atoms with E-state index in [1.165, 1.54) is 14.2 Å². The van der Waals surface area contributed by atoms with Crippen molar-refractivity contribution in [3.63, 3.8) is 0 Å². The summed E-state index contributed by atoms with van der Waals surface area (Å²) in [4.78, 5) is 38.0. The first kappa shape index (κ1) is 21.9. The van der Waals surface area contributed by atoms with Crippen molar-refractivity contribution in [3.05, 3.63) is 33.9 Å². The molecule has 164 valence electrons. The lowest BCUT2D eigenvalue weighted by atomic mass is 9.89. The minimum Gasteiger partial charge on any atom is -0.493 e. The molecule has 1 heterocycles. The van der Waals surface area contributed by atoms with Gasteiger partial charge in [-0.25, -0.2) is 4.79 Å². The summed E-state index contributed by atoms with van der Waals surface area (Å²) in [5.74, 6) is 0.282. The van der Waals surface area contributed by atoms with Crippen LogP contribution in [-0.2, 0) is 20.7 Å². The third-order valence-corrected chi connectivity index (χ3v) is 6.49. The molecule has 1 aliphatic carbocycles. The molecular weight excluding hydrogens is 392 g/mol. The Balaban J connectivity index is 1.88. The third-order valence-electron chi connectivity index (χ3n) is 6.49. The molecule has 1 aromatic rings. The molecule has 0 aromatic heterocycles. The number of hydrogen-bond acceptors (Lipinski definition) is 7. The van der Waals surface area contributed by atoms with Gasteiger partial charge in [-0.3, -0.25) is 14.9 Å². The molecule has 5 atom stereocenters. The zero-order valence-corrected chi connectivity index (χ0v) is 17.7. The number of carbonyl (C=O) groups excluding carboxylic acids is 2. The molecule has 1 saturated heterocycles. The van der Waals surface area contributed by atoms with Gasteiger partial charge in [0.25, 0.3) is 0 Å². The van der Waals surface area contributed by atoms with E-state index in [4.69, 9.17) is 14.2 Å². The molecule has 1 aliphatic heterocycles. The van der Waals surface area contributed by atoms with Gasteiger partial charge in [0.05, 0.1) is 21.3 Å². The summed E-state index contributed by atoms with van der Waals surface area (Å²) in [6.07, 6.45) is 1.14. The van der Waals surface area contributed by atoms with Crippen molar-refractivity contribution in [2.24, 2.45) is 17.8 Å². The summed E-state index contributed by atoms with van der Waals surface area (Å²) in [6, 6.07) is 4.36. The quantitative estimate of drug-likeness (QED) is 0.359. The lowest BCUT2D eigenvalue weighted by Gasteiger charge is -2.31. The number of esters is 1. The molecule has 1 aromatic carbocycles. The maximum atomic E-state index is 12.9. The summed E-state index contributed by atoms with van der Waals surface area (Å²) >= 11 is 0. The Morgan fingerprint density at radius 3 is 2.57 bits per heavy atom. The maximum Gasteiger partial charge on any atom is 0.328 e. The highest BCUT2D eigenvalue weighted by atomic mass is 16.6. The Labute approximate surface area is 175 Å². The predicted octanol–water partition coefficient (Wildman–Crippen LogP) is 1.94. The van der Waals surface area contributed by atoms with Crippen molar-refractivity contribution in [2.45, 2.75) is 38.3 Å². The van der Waals surface area contributed by atoms with E-state index in [2.05, 4.69) is 0 Å². The van der Waals surface area contributed by atoms with E-state index < -0.39 is 12.0 Å². The highest BCUT2D eigenvalue weighted by molar-refractivity contribution is 5.87. The highest BCUT2D eigenvalue weighted by Crippen LogP contribution is 2.47. The van der Waals surface area contributed by atoms with Crippen LogP contribution in [0.3, 0.4) is 0 Å². The fraction of sp³-hybridized carbons (Fsp3) is 0.619. The molecule has 9 heteroatoms. The fourth-order valence-corrected chi connectivity index (χ4v) is 5.09. The number of nitro groups is 1. The van der Waals surface area contributed by atoms with Gasteiger partial charge in [0, 0.05) is 29.7 Å². The molecule has 2 unspecified atom stereocenters. The molecule has 1 saturated carbocycles. The van der Waals surface area contributed by atoms with Gasteiger partial charge in [-0.2, -0.15) is 0 Å². The van der Waals surface area contributed by atoms with Crippen LogP contribution < -0.4 is 9.47 Å². The number of rotatable bonds is 8. The number of amides is 1. The molecular formula is C21H28N2O7. The van der Waals surface area contributed by atoms with Gasteiger partial charge in [0.15, 0.2) is 11.5 Å². The van der Waals surface area contributed by atoms with Gasteiger partial charge in [0.2, 0.25) is 12.5 Å². The van der Waals surface area contributed by atoms with Crippen LogP contribution in [0.2, 0.25) is 0 Å². The van der Waals surface area contributed by atoms with Gasteiger partial charge < -0.3 is 19.1 Å². The number of benzene rings is 1. The lowest BCUT2D eigenvalue weighted by molar-refractivity contribution is -0.490. The maximum absolute atomic E-state index is 12.9. The molecule has 2 fully saturated rings. The van der Waals surface area contributed by atoms with Crippen LogP contribution in [0.4, 0.5) is 0 Å². The molecule has 3 rings (SSSR count). The summed E-state index contributed by atoms with van der Waals surface area (Å²) in [7, 11) is 4.37. The molecule has 0 radical (unpaired) electrons. The number of hydrogen-bond donors (Lipinski definition) is 0. The lowest BCUT2D eigenvalue weighted by Crippen LogP contribution is -2.48. The second kappa shape index (κ2) is 8.89. The van der Waals surface area contributed by atoms with Gasteiger partial charge in [-0.1, -0.05) is 13.0 Å². The minimum atomic E-state index is -0.794. The van der Waals surface area contributed by atoms with E-state index in [-0.39, 0.29) is 54.0 Å². The summed E-state index contributed by atoms with van der Waals surface area (Å²) in [6.45, 7) is 1.83. The van der Waals surface area contributed by atoms with Crippen molar-refractivity contribution in [3.8, 4) is 11.5 Å². The predicted molar refractivity (Wildman–Crippen MR) is 107 cm³/mol. The molecule has 0 N–H and O–H groups in total. The van der Waals surface area contributed by atoms with Crippen LogP contribution in [0, 0.1) is 27.9 Å². The van der Waals surface area contributed by atoms with E-state index >= 15 is 0 Å². The van der Waals surface area contributed by atoms with E-state index in [1.807, 2.05) is 13.0 Å². The largest absolute Gasteiger partial charge is 0.493 e. The normalized spacial score (nSPS) is 26.3. The highest BCUT2D eigenvalue weighted by Gasteiger charge is 2.55. The zero-order valence-electron chi connectivity index (χ0n) is 17.7. The Bertz CT molecular complexity index is 828. The minimum absolute atomic E-state index is 0.111. The smallest absolute Gasteiger partial charge is 0.328 e. The number of likely N-dealkylation sites (tertiary alicyclic amines) is 1. The van der Waals surface area contributed by atoms with E-state index in [9.17, 15) is 19.7 Å². The number of fused-ring (bicyclic) bond motifs is 1. The Morgan fingerprint density at radius 1 is 1.27 bits per heavy atom. The van der Waals surface area contributed by atoms with Crippen molar-refractivity contribution < 1.29 is 28.7 Å². The zero-order chi connectivity index (χ0) is 22.0. The second-order valence-electron chi connectivity index (χ2n) is 8.06. The van der Waals surface area contributed by atoms with Crippen LogP contribution in [0.15, 0.2) is 18.2 Å². The van der Waals surface area contributed by atoms with Crippen LogP contribution >= 0.6 is 0 Å². The number of methoxy groups -OCH3 is 3. The van der Waals surface area contributed by atoms with Crippen molar-refractivity contribution in [1.82, 2.24) is 4.90 Å². The van der Waals surface area contributed by atoms with Crippen molar-refractivity contribution in [2.75, 3.05) is 27.9 Å². The van der Waals surface area contributed by atoms with Crippen molar-refractivity contribution in [1.29, 1.82) is 0 Å². The van der Waals surface area contributed by atoms with E-state index in [0.717, 1.165) is 5.56 Å². The van der Waals surface area contributed by atoms with E-state index in [1.54, 1.807) is 24.1 Å². The van der Waals surface area contributed by atoms with Crippen LogP contribution in [0.1, 0.15) is 25.3 Å². The van der Waals surface area contributed by atoms with Gasteiger partial charge in [-0.15, -0.1) is 0 Å². The first-order valence-electron chi connectivity index (χ1n) is 10.0. The molecule has 0 spiro atoms. The number of ether oxygens (including phenoxy) is 3. The number of carbonyl (C=O) groups is 2. The van der Waals surface area contributed by atoms with Gasteiger partial charge >= 0.3 is 5.97 Å². The molecule has 9 nitrogen and oxygen atoms in total. The first-order valence-corrected chi connectivity index (χ1v) is 10.0. The molecule has 30 heavy (non-hydrogen) atoms. The standard InChI is InChI=1S/C21H28N2O7/c1-12-7-16-14(15(12)11-22(26)27)10-20(24)23(16)17(21(25)30-4)8-13-5-6-18(28-2)19(9-13)29-3/h5-6,9,12,14-17H,7-8,10-11H2,1-4H3/t12-,14-,15+,16?,17?/m0/s1. The van der Waals surface area contributed by atoms with E-state index in [0.29, 0.717) is 17.9 Å². The Morgan fingerprint density at radius 2 is 1.97 bits per heavy atom. The molecule has 2 aliphatic rings. The fourth-order valence-electron chi connectivity index (χ4n) is 5.09. The third kappa shape index (κ3) is 4.06. The van der Waals surface area contributed by atoms with Gasteiger partial charge in [0.1, 0.15) is 6.04 Å². The van der Waals surface area contributed by atoms with Crippen LogP contribution in [-0.4, -0.2) is 61.7 Å². The van der Waals surface area contributed by atoms with Crippen LogP contribution in [0.5, 0.6) is 11.5 Å². The average molecular weight is 420 g/mol. The summed E-state index contributed by atoms with van der Waals surface area (Å²) in [5.41, 5.74) is 0.798. The topological polar surface area (TPSA) is 108 Å². The average Bonchev–Trinajstić information content (AvgIpc) is 3.19.